The van der Waals surface area contributed by atoms with E-state index in [1.54, 1.807) is 24.3 Å². The van der Waals surface area contributed by atoms with Crippen molar-refractivity contribution < 1.29 is 23.7 Å². The van der Waals surface area contributed by atoms with Gasteiger partial charge in [0.15, 0.2) is 0 Å². The molecule has 1 heterocycles. The molecule has 0 aliphatic carbocycles. The summed E-state index contributed by atoms with van der Waals surface area (Å²) in [6.07, 6.45) is 2.86. The topological polar surface area (TPSA) is 135 Å². The number of furan rings is 1. The number of amides is 1. The van der Waals surface area contributed by atoms with Gasteiger partial charge in [0, 0.05) is 12.1 Å². The molecule has 10 heteroatoms. The van der Waals surface area contributed by atoms with Gasteiger partial charge in [-0.25, -0.2) is 4.79 Å². The van der Waals surface area contributed by atoms with Crippen molar-refractivity contribution in [3.8, 4) is 11.8 Å². The fourth-order valence-electron chi connectivity index (χ4n) is 2.57. The van der Waals surface area contributed by atoms with Gasteiger partial charge < -0.3 is 14.5 Å². The van der Waals surface area contributed by atoms with E-state index in [4.69, 9.17) is 20.8 Å². The molecule has 0 bridgehead atoms. The third kappa shape index (κ3) is 5.59. The van der Waals surface area contributed by atoms with Gasteiger partial charge in [0.05, 0.1) is 28.3 Å². The molecule has 0 radical (unpaired) electrons. The zero-order valence-electron chi connectivity index (χ0n) is 16.3. The molecule has 3 rings (SSSR count). The van der Waals surface area contributed by atoms with Crippen LogP contribution in [0.25, 0.3) is 6.08 Å². The van der Waals surface area contributed by atoms with E-state index >= 15 is 0 Å². The number of non-ortho nitro benzene ring substituents is 1. The minimum Gasteiger partial charge on any atom is -0.467 e. The summed E-state index contributed by atoms with van der Waals surface area (Å²) in [5.41, 5.74) is 0.146. The maximum Gasteiger partial charge on any atom is 0.345 e. The van der Waals surface area contributed by atoms with Crippen LogP contribution in [0.3, 0.4) is 0 Å². The Kier molecular flexibility index (Phi) is 7.00. The lowest BCUT2D eigenvalue weighted by atomic mass is 10.1. The molecule has 0 saturated heterocycles. The van der Waals surface area contributed by atoms with Gasteiger partial charge in [0.1, 0.15) is 23.2 Å². The summed E-state index contributed by atoms with van der Waals surface area (Å²) in [6.45, 7) is 0.144. The fourth-order valence-corrected chi connectivity index (χ4v) is 2.82. The number of hydrogen-bond donors (Lipinski definition) is 1. The molecular weight excluding hydrogens is 438 g/mol. The number of esters is 1. The average molecular weight is 452 g/mol. The Morgan fingerprint density at radius 1 is 1.22 bits per heavy atom. The molecule has 1 amide bonds. The number of nitriles is 1. The summed E-state index contributed by atoms with van der Waals surface area (Å²) < 4.78 is 10.3. The largest absolute Gasteiger partial charge is 0.467 e. The number of nitrogens with zero attached hydrogens (tertiary/aromatic N) is 2. The highest BCUT2D eigenvalue weighted by molar-refractivity contribution is 6.33. The van der Waals surface area contributed by atoms with E-state index < -0.39 is 16.8 Å². The summed E-state index contributed by atoms with van der Waals surface area (Å²) in [6, 6.07) is 14.7. The smallest absolute Gasteiger partial charge is 0.345 e. The third-order valence-electron chi connectivity index (χ3n) is 4.15. The number of ether oxygens (including phenoxy) is 1. The predicted octanol–water partition coefficient (Wildman–Crippen LogP) is 4.28. The summed E-state index contributed by atoms with van der Waals surface area (Å²) in [5.74, 6) is -0.618. The Morgan fingerprint density at radius 3 is 2.56 bits per heavy atom. The van der Waals surface area contributed by atoms with E-state index in [0.29, 0.717) is 11.3 Å². The van der Waals surface area contributed by atoms with E-state index in [2.05, 4.69) is 5.32 Å². The van der Waals surface area contributed by atoms with Crippen molar-refractivity contribution >= 4 is 35.2 Å². The Bertz CT molecular complexity index is 1230. The molecule has 1 N–H and O–H groups in total. The molecule has 1 aromatic heterocycles. The molecule has 3 aromatic rings. The minimum absolute atomic E-state index is 0.0266. The maximum absolute atomic E-state index is 12.3. The number of nitro groups is 1. The molecule has 0 aliphatic rings. The van der Waals surface area contributed by atoms with Crippen molar-refractivity contribution in [2.24, 2.45) is 0 Å². The average Bonchev–Trinajstić information content (AvgIpc) is 3.30. The Hall–Kier alpha value is -4.42. The Labute approximate surface area is 186 Å². The van der Waals surface area contributed by atoms with Crippen molar-refractivity contribution in [2.75, 3.05) is 0 Å². The molecule has 0 unspecified atom stereocenters. The first kappa shape index (κ1) is 22.3. The second-order valence-electron chi connectivity index (χ2n) is 6.31. The highest BCUT2D eigenvalue weighted by Crippen LogP contribution is 2.24. The van der Waals surface area contributed by atoms with Crippen LogP contribution in [-0.4, -0.2) is 16.8 Å². The predicted molar refractivity (Wildman–Crippen MR) is 114 cm³/mol. The number of rotatable bonds is 7. The van der Waals surface area contributed by atoms with Crippen LogP contribution in [0.2, 0.25) is 5.02 Å². The van der Waals surface area contributed by atoms with Gasteiger partial charge in [0.25, 0.3) is 11.6 Å². The van der Waals surface area contributed by atoms with Crippen LogP contribution in [0.5, 0.6) is 5.75 Å². The molecule has 0 fully saturated rings. The van der Waals surface area contributed by atoms with E-state index in [1.165, 1.54) is 30.5 Å². The normalized spacial score (nSPS) is 10.8. The van der Waals surface area contributed by atoms with Crippen molar-refractivity contribution in [1.82, 2.24) is 5.32 Å². The van der Waals surface area contributed by atoms with Crippen LogP contribution in [0.1, 0.15) is 21.7 Å². The summed E-state index contributed by atoms with van der Waals surface area (Å²) in [7, 11) is 0. The standard InChI is InChI=1S/C22H14ClN3O6/c23-20-11-16(26(29)30)5-8-19(20)22(28)32-17-6-3-14(4-7-17)10-15(12-24)21(27)25-13-18-2-1-9-31-18/h1-11H,13H2,(H,25,27)/b15-10-. The van der Waals surface area contributed by atoms with Gasteiger partial charge in [-0.3, -0.25) is 14.9 Å². The molecule has 2 aromatic carbocycles. The molecule has 0 spiro atoms. The molecule has 0 aliphatic heterocycles. The van der Waals surface area contributed by atoms with Gasteiger partial charge in [-0.1, -0.05) is 23.7 Å². The fraction of sp³-hybridized carbons (Fsp3) is 0.0455. The maximum atomic E-state index is 12.3. The molecular formula is C22H14ClN3O6. The lowest BCUT2D eigenvalue weighted by Gasteiger charge is -2.06. The van der Waals surface area contributed by atoms with Crippen molar-refractivity contribution in [3.05, 3.63) is 98.5 Å². The molecule has 160 valence electrons. The summed E-state index contributed by atoms with van der Waals surface area (Å²) >= 11 is 5.93. The minimum atomic E-state index is -0.789. The number of halogens is 1. The van der Waals surface area contributed by atoms with E-state index in [0.717, 1.165) is 12.1 Å². The lowest BCUT2D eigenvalue weighted by molar-refractivity contribution is -0.384. The van der Waals surface area contributed by atoms with E-state index in [1.807, 2.05) is 6.07 Å². The summed E-state index contributed by atoms with van der Waals surface area (Å²) in [4.78, 5) is 34.6. The first-order valence-electron chi connectivity index (χ1n) is 9.06. The van der Waals surface area contributed by atoms with Crippen molar-refractivity contribution in [3.63, 3.8) is 0 Å². The van der Waals surface area contributed by atoms with Crippen LogP contribution in [-0.2, 0) is 11.3 Å². The molecule has 0 atom stereocenters. The summed E-state index contributed by atoms with van der Waals surface area (Å²) in [5, 5.41) is 22.5. The quantitative estimate of drug-likeness (QED) is 0.141. The molecule has 9 nitrogen and oxygen atoms in total. The number of nitro benzene ring substituents is 1. The van der Waals surface area contributed by atoms with E-state index in [-0.39, 0.29) is 34.1 Å². The van der Waals surface area contributed by atoms with E-state index in [9.17, 15) is 25.0 Å². The number of hydrogen-bond acceptors (Lipinski definition) is 7. The van der Waals surface area contributed by atoms with Crippen molar-refractivity contribution in [2.45, 2.75) is 6.54 Å². The zero-order valence-corrected chi connectivity index (χ0v) is 17.0. The first-order valence-corrected chi connectivity index (χ1v) is 9.43. The first-order chi connectivity index (χ1) is 15.4. The van der Waals surface area contributed by atoms with Gasteiger partial charge in [-0.15, -0.1) is 0 Å². The highest BCUT2D eigenvalue weighted by Gasteiger charge is 2.17. The highest BCUT2D eigenvalue weighted by atomic mass is 35.5. The van der Waals surface area contributed by atoms with Gasteiger partial charge in [-0.2, -0.15) is 5.26 Å². The molecule has 0 saturated carbocycles. The number of benzene rings is 2. The second-order valence-corrected chi connectivity index (χ2v) is 6.72. The van der Waals surface area contributed by atoms with Crippen LogP contribution in [0, 0.1) is 21.4 Å². The van der Waals surface area contributed by atoms with Crippen LogP contribution in [0.15, 0.2) is 70.9 Å². The molecule has 32 heavy (non-hydrogen) atoms. The number of carbonyl (C=O) groups is 2. The van der Waals surface area contributed by atoms with Crippen LogP contribution in [0.4, 0.5) is 5.69 Å². The number of carbonyl (C=O) groups excluding carboxylic acids is 2. The number of nitrogens with one attached hydrogen (secondary N) is 1. The van der Waals surface area contributed by atoms with Crippen LogP contribution >= 0.6 is 11.6 Å². The Balaban J connectivity index is 1.66. The van der Waals surface area contributed by atoms with Gasteiger partial charge in [0.2, 0.25) is 0 Å². The van der Waals surface area contributed by atoms with Crippen molar-refractivity contribution in [1.29, 1.82) is 5.26 Å². The zero-order chi connectivity index (χ0) is 23.1. The third-order valence-corrected chi connectivity index (χ3v) is 4.47. The Morgan fingerprint density at radius 2 is 1.97 bits per heavy atom. The second kappa shape index (κ2) is 10.1. The van der Waals surface area contributed by atoms with Crippen LogP contribution < -0.4 is 10.1 Å². The SMILES string of the molecule is N#C/C(=C/c1ccc(OC(=O)c2ccc([N+](=O)[O-])cc2Cl)cc1)C(=O)NCc1ccco1. The van der Waals surface area contributed by atoms with Gasteiger partial charge in [-0.05, 0) is 42.0 Å². The van der Waals surface area contributed by atoms with Gasteiger partial charge >= 0.3 is 5.97 Å². The lowest BCUT2D eigenvalue weighted by Crippen LogP contribution is -2.23. The monoisotopic (exact) mass is 451 g/mol.